The molecule has 0 bridgehead atoms. The van der Waals surface area contributed by atoms with Gasteiger partial charge < -0.3 is 5.32 Å². The maximum absolute atomic E-state index is 13.7. The van der Waals surface area contributed by atoms with Crippen molar-refractivity contribution in [3.05, 3.63) is 83.0 Å². The lowest BCUT2D eigenvalue weighted by atomic mass is 10.0. The first-order valence-corrected chi connectivity index (χ1v) is 17.2. The van der Waals surface area contributed by atoms with Crippen molar-refractivity contribution in [2.75, 3.05) is 21.5 Å². The molecule has 0 radical (unpaired) electrons. The van der Waals surface area contributed by atoms with Gasteiger partial charge in [0.2, 0.25) is 0 Å². The molecule has 1 fully saturated rings. The molecule has 5 aromatic rings. The number of rotatable bonds is 7. The minimum Gasteiger partial charge on any atom is -0.322 e. The average Bonchev–Trinajstić information content (AvgIpc) is 3.67. The van der Waals surface area contributed by atoms with Gasteiger partial charge in [-0.3, -0.25) is 9.52 Å². The number of sulfonamides is 1. The van der Waals surface area contributed by atoms with Crippen molar-refractivity contribution in [2.24, 2.45) is 0 Å². The van der Waals surface area contributed by atoms with Gasteiger partial charge in [0, 0.05) is 22.8 Å². The second-order valence-corrected chi connectivity index (χ2v) is 14.9. The summed E-state index contributed by atoms with van der Waals surface area (Å²) in [7, 11) is -7.03. The van der Waals surface area contributed by atoms with Crippen molar-refractivity contribution >= 4 is 59.0 Å². The molecule has 3 aromatic heterocycles. The molecule has 14 heteroatoms. The van der Waals surface area contributed by atoms with Gasteiger partial charge in [0.05, 0.1) is 44.8 Å². The van der Waals surface area contributed by atoms with Gasteiger partial charge in [0.15, 0.2) is 20.6 Å². The predicted octanol–water partition coefficient (Wildman–Crippen LogP) is 4.58. The van der Waals surface area contributed by atoms with Crippen LogP contribution in [-0.2, 0) is 19.9 Å². The summed E-state index contributed by atoms with van der Waals surface area (Å²) < 4.78 is 54.0. The molecule has 1 amide bonds. The van der Waals surface area contributed by atoms with E-state index >= 15 is 0 Å². The Morgan fingerprint density at radius 2 is 1.81 bits per heavy atom. The number of pyridine rings is 1. The zero-order valence-electron chi connectivity index (χ0n) is 22.6. The molecule has 1 unspecified atom stereocenters. The molecule has 1 aliphatic heterocycles. The van der Waals surface area contributed by atoms with Crippen LogP contribution in [0.1, 0.15) is 34.1 Å². The maximum atomic E-state index is 13.7. The van der Waals surface area contributed by atoms with Gasteiger partial charge in [-0.2, -0.15) is 5.10 Å². The molecular formula is C28H26N6O5S3. The van der Waals surface area contributed by atoms with E-state index < -0.39 is 25.8 Å². The lowest BCUT2D eigenvalue weighted by Gasteiger charge is -2.13. The third-order valence-corrected chi connectivity index (χ3v) is 11.0. The van der Waals surface area contributed by atoms with Crippen LogP contribution < -0.4 is 10.0 Å². The van der Waals surface area contributed by atoms with E-state index in [2.05, 4.69) is 20.1 Å². The molecule has 2 N–H and O–H groups in total. The van der Waals surface area contributed by atoms with Gasteiger partial charge in [-0.15, -0.1) is 11.3 Å². The van der Waals surface area contributed by atoms with Crippen LogP contribution in [0.25, 0.3) is 22.3 Å². The quantitative estimate of drug-likeness (QED) is 0.267. The number of anilines is 2. The van der Waals surface area contributed by atoms with Crippen LogP contribution in [0, 0.1) is 13.8 Å². The Labute approximate surface area is 246 Å². The highest BCUT2D eigenvalue weighted by Crippen LogP contribution is 2.32. The third-order valence-electron chi connectivity index (χ3n) is 7.06. The van der Waals surface area contributed by atoms with Gasteiger partial charge in [-0.05, 0) is 50.6 Å². The number of hydrogen-bond donors (Lipinski definition) is 2. The minimum atomic E-state index is -3.85. The fourth-order valence-corrected chi connectivity index (χ4v) is 8.43. The monoisotopic (exact) mass is 622 g/mol. The molecule has 216 valence electrons. The van der Waals surface area contributed by atoms with E-state index in [9.17, 15) is 21.6 Å². The largest absolute Gasteiger partial charge is 0.322 e. The number of nitrogens with zero attached hydrogens (tertiary/aromatic N) is 4. The summed E-state index contributed by atoms with van der Waals surface area (Å²) in [5, 5.41) is 9.94. The first-order chi connectivity index (χ1) is 20.0. The van der Waals surface area contributed by atoms with Crippen molar-refractivity contribution in [3.63, 3.8) is 0 Å². The molecule has 0 spiro atoms. The Bertz CT molecular complexity index is 2020. The Kier molecular flexibility index (Phi) is 7.07. The zero-order chi connectivity index (χ0) is 29.6. The summed E-state index contributed by atoms with van der Waals surface area (Å²) in [6, 6.07) is 14.9. The van der Waals surface area contributed by atoms with Crippen LogP contribution in [0.4, 0.5) is 10.8 Å². The number of nitrogens with one attached hydrogen (secondary N) is 2. The summed E-state index contributed by atoms with van der Waals surface area (Å²) >= 11 is 1.17. The molecule has 0 aliphatic carbocycles. The number of aryl methyl sites for hydroxylation is 2. The van der Waals surface area contributed by atoms with E-state index in [-0.39, 0.29) is 27.6 Å². The summed E-state index contributed by atoms with van der Waals surface area (Å²) in [5.74, 6) is -0.392. The van der Waals surface area contributed by atoms with Crippen molar-refractivity contribution < 1.29 is 21.6 Å². The Hall–Kier alpha value is -4.14. The second-order valence-electron chi connectivity index (χ2n) is 10.1. The van der Waals surface area contributed by atoms with E-state index in [0.29, 0.717) is 40.1 Å². The molecule has 1 aliphatic rings. The number of thiazole rings is 1. The number of benzene rings is 2. The van der Waals surface area contributed by atoms with Crippen LogP contribution in [0.15, 0.2) is 71.1 Å². The van der Waals surface area contributed by atoms with Crippen LogP contribution in [0.5, 0.6) is 0 Å². The molecule has 11 nitrogen and oxygen atoms in total. The minimum absolute atomic E-state index is 0.0206. The van der Waals surface area contributed by atoms with Gasteiger partial charge >= 0.3 is 0 Å². The lowest BCUT2D eigenvalue weighted by molar-refractivity contribution is 0.102. The second kappa shape index (κ2) is 10.6. The smallest absolute Gasteiger partial charge is 0.263 e. The van der Waals surface area contributed by atoms with Crippen LogP contribution in [0.3, 0.4) is 0 Å². The van der Waals surface area contributed by atoms with Crippen molar-refractivity contribution in [1.29, 1.82) is 0 Å². The number of amides is 1. The van der Waals surface area contributed by atoms with E-state index in [1.165, 1.54) is 41.8 Å². The molecule has 2 aromatic carbocycles. The highest BCUT2D eigenvalue weighted by Gasteiger charge is 2.32. The first-order valence-electron chi connectivity index (χ1n) is 13.0. The van der Waals surface area contributed by atoms with Crippen molar-refractivity contribution in [1.82, 2.24) is 19.7 Å². The molecule has 1 atom stereocenters. The molecule has 1 saturated heterocycles. The number of carbonyl (C=O) groups is 1. The number of fused-ring (bicyclic) bond motifs is 1. The van der Waals surface area contributed by atoms with Gasteiger partial charge in [0.1, 0.15) is 0 Å². The van der Waals surface area contributed by atoms with E-state index in [1.807, 2.05) is 31.2 Å². The number of sulfone groups is 1. The van der Waals surface area contributed by atoms with Gasteiger partial charge in [-0.25, -0.2) is 31.5 Å². The van der Waals surface area contributed by atoms with E-state index in [4.69, 9.17) is 4.98 Å². The normalized spacial score (nSPS) is 16.5. The standard InChI is InChI=1S/C28H26N6O5S3/c1-17-3-5-19(6-4-17)24-15-23(25-18(2)32-34(26(25)31-24)21-11-14-41(36,37)16-21)27(35)30-20-7-9-22(10-8-20)42(38,39)33-28-29-12-13-40-28/h3-10,12-13,15,21H,11,14,16H2,1-2H3,(H,29,33)(H,30,35). The van der Waals surface area contributed by atoms with Crippen LogP contribution in [-0.4, -0.2) is 54.0 Å². The molecule has 6 rings (SSSR count). The number of hydrogen-bond acceptors (Lipinski definition) is 9. The van der Waals surface area contributed by atoms with Crippen LogP contribution >= 0.6 is 11.3 Å². The van der Waals surface area contributed by atoms with Crippen molar-refractivity contribution in [3.8, 4) is 11.3 Å². The van der Waals surface area contributed by atoms with E-state index in [0.717, 1.165) is 11.1 Å². The Morgan fingerprint density at radius 3 is 2.45 bits per heavy atom. The Balaban J connectivity index is 1.37. The summed E-state index contributed by atoms with van der Waals surface area (Å²) in [6.07, 6.45) is 1.92. The summed E-state index contributed by atoms with van der Waals surface area (Å²) in [4.78, 5) is 22.6. The fourth-order valence-electron chi connectivity index (χ4n) is 4.95. The maximum Gasteiger partial charge on any atom is 0.263 e. The number of aromatic nitrogens is 4. The predicted molar refractivity (Wildman–Crippen MR) is 162 cm³/mol. The summed E-state index contributed by atoms with van der Waals surface area (Å²) in [6.45, 7) is 3.74. The Morgan fingerprint density at radius 1 is 1.07 bits per heavy atom. The lowest BCUT2D eigenvalue weighted by Crippen LogP contribution is -2.15. The summed E-state index contributed by atoms with van der Waals surface area (Å²) in [5.41, 5.74) is 4.11. The van der Waals surface area contributed by atoms with Gasteiger partial charge in [0.25, 0.3) is 15.9 Å². The van der Waals surface area contributed by atoms with Crippen LogP contribution in [0.2, 0.25) is 0 Å². The third kappa shape index (κ3) is 5.52. The zero-order valence-corrected chi connectivity index (χ0v) is 25.1. The SMILES string of the molecule is Cc1ccc(-c2cc(C(=O)Nc3ccc(S(=O)(=O)Nc4nccs4)cc3)c3c(C)nn(C4CCS(=O)(=O)C4)c3n2)cc1. The first kappa shape index (κ1) is 28.0. The highest BCUT2D eigenvalue weighted by atomic mass is 32.2. The topological polar surface area (TPSA) is 153 Å². The van der Waals surface area contributed by atoms with Crippen molar-refractivity contribution in [2.45, 2.75) is 31.2 Å². The highest BCUT2D eigenvalue weighted by molar-refractivity contribution is 7.93. The fraction of sp³-hybridized carbons (Fsp3) is 0.214. The molecule has 4 heterocycles. The van der Waals surface area contributed by atoms with Gasteiger partial charge in [-0.1, -0.05) is 29.8 Å². The molecule has 42 heavy (non-hydrogen) atoms. The van der Waals surface area contributed by atoms with E-state index in [1.54, 1.807) is 23.1 Å². The average molecular weight is 623 g/mol. The molecular weight excluding hydrogens is 597 g/mol. The molecule has 0 saturated carbocycles. The number of carbonyl (C=O) groups excluding carboxylic acids is 1.